The van der Waals surface area contributed by atoms with Crippen LogP contribution in [0.5, 0.6) is 0 Å². The third-order valence-electron chi connectivity index (χ3n) is 3.91. The molecule has 148 valence electrons. The molecule has 14 heteroatoms. The zero-order valence-electron chi connectivity index (χ0n) is 13.9. The summed E-state index contributed by atoms with van der Waals surface area (Å²) in [5.74, 6) is -0.588. The van der Waals surface area contributed by atoms with E-state index in [1.165, 1.54) is 0 Å². The van der Waals surface area contributed by atoms with Crippen molar-refractivity contribution in [3.8, 4) is 0 Å². The van der Waals surface area contributed by atoms with E-state index in [1.807, 2.05) is 0 Å². The molecule has 0 spiro atoms. The molecule has 1 aromatic heterocycles. The van der Waals surface area contributed by atoms with Gasteiger partial charge < -0.3 is 0 Å². The van der Waals surface area contributed by atoms with Gasteiger partial charge in [-0.2, -0.15) is 4.20 Å². The summed E-state index contributed by atoms with van der Waals surface area (Å²) in [6.45, 7) is -0.0504. The maximum atomic E-state index is 15.7. The molecule has 2 heterocycles. The van der Waals surface area contributed by atoms with Crippen molar-refractivity contribution < 1.29 is 21.0 Å². The molecule has 0 radical (unpaired) electrons. The average molecular weight is 452 g/mol. The molecular formula is C14H12F5N6P3. The van der Waals surface area contributed by atoms with Crippen LogP contribution in [0.2, 0.25) is 0 Å². The van der Waals surface area contributed by atoms with E-state index in [2.05, 4.69) is 23.9 Å². The minimum Gasteiger partial charge on any atom is -0.234 e. The Kier molecular flexibility index (Phi) is 4.81. The first kappa shape index (κ1) is 19.5. The van der Waals surface area contributed by atoms with Gasteiger partial charge in [-0.15, -0.1) is 35.4 Å². The molecule has 4 rings (SSSR count). The fourth-order valence-corrected chi connectivity index (χ4v) is 9.14. The van der Waals surface area contributed by atoms with Gasteiger partial charge in [-0.3, -0.25) is 0 Å². The number of hydrogen-bond donors (Lipinski definition) is 0. The van der Waals surface area contributed by atoms with Crippen LogP contribution in [0.4, 0.5) is 21.0 Å². The van der Waals surface area contributed by atoms with Crippen molar-refractivity contribution in [2.24, 2.45) is 13.5 Å². The summed E-state index contributed by atoms with van der Waals surface area (Å²) in [4.78, 5) is 0. The minimum atomic E-state index is -5.85. The molecule has 1 aliphatic carbocycles. The molecule has 2 aliphatic rings. The number of rotatable bonds is 4. The highest BCUT2D eigenvalue weighted by atomic mass is 31.3. The van der Waals surface area contributed by atoms with Crippen molar-refractivity contribution in [1.29, 1.82) is 0 Å². The van der Waals surface area contributed by atoms with E-state index < -0.39 is 34.5 Å². The van der Waals surface area contributed by atoms with Crippen LogP contribution in [0.3, 0.4) is 0 Å². The number of nitrogens with zero attached hydrogens (tertiary/aromatic N) is 6. The third kappa shape index (κ3) is 3.84. The number of benzene rings is 1. The summed E-state index contributed by atoms with van der Waals surface area (Å²) in [5, 5.41) is 7.74. The van der Waals surface area contributed by atoms with E-state index in [0.29, 0.717) is 5.56 Å². The molecule has 1 aromatic carbocycles. The molecule has 0 fully saturated rings. The molecule has 0 amide bonds. The lowest BCUT2D eigenvalue weighted by atomic mass is 10.1. The fraction of sp³-hybridized carbons (Fsp3) is 0.143. The second kappa shape index (κ2) is 6.90. The lowest BCUT2D eigenvalue weighted by Crippen LogP contribution is -2.21. The molecule has 1 atom stereocenters. The minimum absolute atomic E-state index is 0.0498. The summed E-state index contributed by atoms with van der Waals surface area (Å²) in [6.07, 6.45) is 6.56. The molecule has 1 aliphatic heterocycles. The molecule has 0 saturated carbocycles. The van der Waals surface area contributed by atoms with E-state index in [1.54, 1.807) is 54.6 Å². The number of halogens is 5. The van der Waals surface area contributed by atoms with Crippen molar-refractivity contribution in [3.63, 3.8) is 0 Å². The maximum Gasteiger partial charge on any atom is 0.423 e. The average Bonchev–Trinajstić information content (AvgIpc) is 3.21. The SMILES string of the molecule is FP1(F)=NP(F)(F)=NP(F)(c2c(C3C=CC=C3)nnn2Cc2ccccc2)=N1. The Balaban J connectivity index is 1.94. The van der Waals surface area contributed by atoms with E-state index in [-0.39, 0.29) is 12.2 Å². The van der Waals surface area contributed by atoms with Gasteiger partial charge in [-0.1, -0.05) is 59.8 Å². The Morgan fingerprint density at radius 1 is 0.857 bits per heavy atom. The predicted octanol–water partition coefficient (Wildman–Crippen LogP) is 6.95. The highest BCUT2D eigenvalue weighted by Gasteiger charge is 2.44. The fourth-order valence-electron chi connectivity index (χ4n) is 2.86. The van der Waals surface area contributed by atoms with Gasteiger partial charge in [0.1, 0.15) is 5.69 Å². The summed E-state index contributed by atoms with van der Waals surface area (Å²) in [7, 11) is -16.8. The molecule has 6 nitrogen and oxygen atoms in total. The number of allylic oxidation sites excluding steroid dienone is 4. The summed E-state index contributed by atoms with van der Waals surface area (Å²) >= 11 is 0. The van der Waals surface area contributed by atoms with Crippen LogP contribution in [-0.2, 0) is 6.54 Å². The number of hydrogen-bond acceptors (Lipinski definition) is 5. The molecule has 0 bridgehead atoms. The standard InChI is InChI=1S/C14H12F5N6P3/c15-26(22-27(16,17)24-28(18,19)23-26)14-13(12-8-4-5-9-12)20-21-25(14)10-11-6-2-1-3-7-11/h1-9,12H,10H2. The first-order valence-electron chi connectivity index (χ1n) is 7.90. The summed E-state index contributed by atoms with van der Waals surface area (Å²) in [5.41, 5.74) is 0.0899. The van der Waals surface area contributed by atoms with Gasteiger partial charge in [0, 0.05) is 5.92 Å². The van der Waals surface area contributed by atoms with Crippen LogP contribution in [0.1, 0.15) is 17.2 Å². The Labute approximate surface area is 157 Å². The van der Waals surface area contributed by atoms with Crippen molar-refractivity contribution in [3.05, 3.63) is 65.9 Å². The lowest BCUT2D eigenvalue weighted by Gasteiger charge is -2.19. The Hall–Kier alpha value is -1.82. The maximum absolute atomic E-state index is 15.7. The monoisotopic (exact) mass is 452 g/mol. The molecular weight excluding hydrogens is 440 g/mol. The molecule has 0 saturated heterocycles. The zero-order valence-corrected chi connectivity index (χ0v) is 16.6. The second-order valence-corrected chi connectivity index (χ2v) is 11.4. The van der Waals surface area contributed by atoms with Crippen LogP contribution in [0.25, 0.3) is 0 Å². The van der Waals surface area contributed by atoms with E-state index in [4.69, 9.17) is 0 Å². The van der Waals surface area contributed by atoms with Crippen molar-refractivity contribution in [2.45, 2.75) is 12.5 Å². The first-order valence-corrected chi connectivity index (χ1v) is 12.4. The van der Waals surface area contributed by atoms with E-state index >= 15 is 4.20 Å². The molecule has 0 N–H and O–H groups in total. The normalized spacial score (nSPS) is 25.2. The second-order valence-electron chi connectivity index (χ2n) is 5.94. The van der Waals surface area contributed by atoms with Gasteiger partial charge in [0.25, 0.3) is 0 Å². The van der Waals surface area contributed by atoms with Gasteiger partial charge >= 0.3 is 23.2 Å². The summed E-state index contributed by atoms with van der Waals surface area (Å²) < 4.78 is 79.7. The Morgan fingerprint density at radius 3 is 2.14 bits per heavy atom. The topological polar surface area (TPSA) is 67.8 Å². The van der Waals surface area contributed by atoms with Crippen molar-refractivity contribution >= 4 is 28.6 Å². The zero-order chi connectivity index (χ0) is 20.0. The predicted molar refractivity (Wildman–Crippen MR) is 99.8 cm³/mol. The Bertz CT molecular complexity index is 1120. The van der Waals surface area contributed by atoms with Crippen molar-refractivity contribution in [1.82, 2.24) is 15.0 Å². The number of aromatic nitrogens is 3. The van der Waals surface area contributed by atoms with Gasteiger partial charge in [-0.25, -0.2) is 4.68 Å². The van der Waals surface area contributed by atoms with Gasteiger partial charge in [0.15, 0.2) is 5.44 Å². The third-order valence-corrected chi connectivity index (χ3v) is 10.2. The molecule has 2 aromatic rings. The molecule has 28 heavy (non-hydrogen) atoms. The smallest absolute Gasteiger partial charge is 0.234 e. The van der Waals surface area contributed by atoms with E-state index in [9.17, 15) is 16.8 Å². The van der Waals surface area contributed by atoms with Crippen LogP contribution in [0, 0.1) is 0 Å². The van der Waals surface area contributed by atoms with Gasteiger partial charge in [-0.05, 0) is 5.56 Å². The highest BCUT2D eigenvalue weighted by molar-refractivity contribution is 7.82. The highest BCUT2D eigenvalue weighted by Crippen LogP contribution is 2.81. The lowest BCUT2D eigenvalue weighted by molar-refractivity contribution is 0.658. The van der Waals surface area contributed by atoms with Crippen LogP contribution >= 0.6 is 23.2 Å². The van der Waals surface area contributed by atoms with Gasteiger partial charge in [0.05, 0.1) is 6.54 Å². The molecule has 1 unspecified atom stereocenters. The first-order chi connectivity index (χ1) is 13.2. The largest absolute Gasteiger partial charge is 0.423 e. The summed E-state index contributed by atoms with van der Waals surface area (Å²) in [6, 6.07) is 8.62. The van der Waals surface area contributed by atoms with Crippen molar-refractivity contribution in [2.75, 3.05) is 0 Å². The van der Waals surface area contributed by atoms with Crippen LogP contribution in [0.15, 0.2) is 68.2 Å². The Morgan fingerprint density at radius 2 is 1.50 bits per heavy atom. The quantitative estimate of drug-likeness (QED) is 0.372. The van der Waals surface area contributed by atoms with E-state index in [0.717, 1.165) is 4.68 Å². The van der Waals surface area contributed by atoms with Crippen LogP contribution in [-0.4, -0.2) is 15.0 Å². The van der Waals surface area contributed by atoms with Gasteiger partial charge in [0.2, 0.25) is 0 Å². The van der Waals surface area contributed by atoms with Crippen LogP contribution < -0.4 is 5.44 Å².